The number of benzene rings is 1. The Hall–Kier alpha value is -2.62. The van der Waals surface area contributed by atoms with Crippen molar-refractivity contribution in [2.24, 2.45) is 5.92 Å². The number of para-hydroxylation sites is 1. The Morgan fingerprint density at radius 2 is 2.12 bits per heavy atom. The summed E-state index contributed by atoms with van der Waals surface area (Å²) in [5, 5.41) is 1.13. The number of rotatable bonds is 2. The first-order chi connectivity index (χ1) is 11.6. The van der Waals surface area contributed by atoms with Gasteiger partial charge < -0.3 is 8.98 Å². The molecule has 24 heavy (non-hydrogen) atoms. The number of pyridine rings is 1. The molecule has 0 atom stereocenters. The standard InChI is InChI=1S/C20H17NO3/c1-11-3-2-4-13-14-7-8-21-10-15(18(23)12-5-6-12)17(22)9-16(21)20(14)24-19(11)13/h2-4,9-10,12H,5-8H2,1H3. The number of aryl methyl sites for hydroxylation is 3. The van der Waals surface area contributed by atoms with Crippen molar-refractivity contribution in [2.75, 3.05) is 0 Å². The number of Topliss-reactive ketones (excluding diaryl/α,β-unsaturated/α-hetero) is 1. The van der Waals surface area contributed by atoms with E-state index in [-0.39, 0.29) is 17.1 Å². The molecule has 0 radical (unpaired) electrons. The van der Waals surface area contributed by atoms with E-state index in [2.05, 4.69) is 6.07 Å². The van der Waals surface area contributed by atoms with Gasteiger partial charge in [0.2, 0.25) is 0 Å². The second-order valence-corrected chi connectivity index (χ2v) is 6.88. The molecule has 5 rings (SSSR count). The van der Waals surface area contributed by atoms with Gasteiger partial charge in [-0.15, -0.1) is 0 Å². The molecule has 1 aliphatic heterocycles. The minimum absolute atomic E-state index is 0.00143. The van der Waals surface area contributed by atoms with E-state index < -0.39 is 0 Å². The van der Waals surface area contributed by atoms with Crippen LogP contribution in [0.5, 0.6) is 0 Å². The van der Waals surface area contributed by atoms with Crippen LogP contribution in [0, 0.1) is 12.8 Å². The van der Waals surface area contributed by atoms with Crippen LogP contribution in [0.3, 0.4) is 0 Å². The molecule has 3 aromatic rings. The highest BCUT2D eigenvalue weighted by molar-refractivity contribution is 5.99. The van der Waals surface area contributed by atoms with Gasteiger partial charge in [0.1, 0.15) is 5.58 Å². The van der Waals surface area contributed by atoms with E-state index in [1.807, 2.05) is 23.6 Å². The van der Waals surface area contributed by atoms with Crippen molar-refractivity contribution < 1.29 is 9.21 Å². The van der Waals surface area contributed by atoms with Crippen LogP contribution in [0.4, 0.5) is 0 Å². The third kappa shape index (κ3) is 1.86. The number of carbonyl (C=O) groups is 1. The smallest absolute Gasteiger partial charge is 0.193 e. The predicted octanol–water partition coefficient (Wildman–Crippen LogP) is 3.72. The van der Waals surface area contributed by atoms with Crippen LogP contribution in [0.15, 0.2) is 39.7 Å². The van der Waals surface area contributed by atoms with Gasteiger partial charge in [-0.25, -0.2) is 0 Å². The third-order valence-corrected chi connectivity index (χ3v) is 5.19. The Morgan fingerprint density at radius 1 is 1.29 bits per heavy atom. The fourth-order valence-electron chi connectivity index (χ4n) is 3.70. The van der Waals surface area contributed by atoms with E-state index in [1.165, 1.54) is 0 Å². The number of furan rings is 1. The Balaban J connectivity index is 1.73. The molecule has 1 aromatic carbocycles. The topological polar surface area (TPSA) is 52.2 Å². The Labute approximate surface area is 138 Å². The minimum atomic E-state index is -0.192. The average molecular weight is 319 g/mol. The second kappa shape index (κ2) is 4.69. The molecule has 0 spiro atoms. The van der Waals surface area contributed by atoms with Crippen molar-refractivity contribution in [3.8, 4) is 11.5 Å². The summed E-state index contributed by atoms with van der Waals surface area (Å²) in [6, 6.07) is 7.71. The van der Waals surface area contributed by atoms with Gasteiger partial charge in [-0.05, 0) is 31.7 Å². The third-order valence-electron chi connectivity index (χ3n) is 5.19. The van der Waals surface area contributed by atoms with Crippen molar-refractivity contribution in [1.29, 1.82) is 0 Å². The van der Waals surface area contributed by atoms with Crippen LogP contribution in [0.2, 0.25) is 0 Å². The molecule has 4 heteroatoms. The predicted molar refractivity (Wildman–Crippen MR) is 91.4 cm³/mol. The lowest BCUT2D eigenvalue weighted by molar-refractivity contribution is 0.0966. The van der Waals surface area contributed by atoms with Crippen molar-refractivity contribution in [2.45, 2.75) is 32.7 Å². The molecule has 0 amide bonds. The van der Waals surface area contributed by atoms with E-state index in [0.717, 1.165) is 59.4 Å². The molecule has 0 saturated heterocycles. The Bertz CT molecular complexity index is 1070. The molecule has 120 valence electrons. The summed E-state index contributed by atoms with van der Waals surface area (Å²) in [5.74, 6) is 0.832. The molecule has 0 unspecified atom stereocenters. The SMILES string of the molecule is Cc1cccc2c3c(oc12)-c1cc(=O)c(C(=O)C2CC2)cn1CC3. The van der Waals surface area contributed by atoms with Crippen LogP contribution in [-0.4, -0.2) is 10.4 Å². The average Bonchev–Trinajstić information content (AvgIpc) is 3.35. The van der Waals surface area contributed by atoms with Crippen molar-refractivity contribution >= 4 is 16.8 Å². The molecule has 3 heterocycles. The summed E-state index contributed by atoms with van der Waals surface area (Å²) in [6.07, 6.45) is 4.40. The first-order valence-corrected chi connectivity index (χ1v) is 8.43. The van der Waals surface area contributed by atoms with Crippen LogP contribution in [0.1, 0.15) is 34.3 Å². The largest absolute Gasteiger partial charge is 0.454 e. The van der Waals surface area contributed by atoms with Crippen LogP contribution >= 0.6 is 0 Å². The summed E-state index contributed by atoms with van der Waals surface area (Å²) in [4.78, 5) is 24.8. The highest BCUT2D eigenvalue weighted by Gasteiger charge is 2.33. The highest BCUT2D eigenvalue weighted by Crippen LogP contribution is 2.38. The minimum Gasteiger partial charge on any atom is -0.454 e. The lowest BCUT2D eigenvalue weighted by Crippen LogP contribution is -2.22. The van der Waals surface area contributed by atoms with Gasteiger partial charge in [0.15, 0.2) is 17.0 Å². The van der Waals surface area contributed by atoms with E-state index in [1.54, 1.807) is 12.3 Å². The van der Waals surface area contributed by atoms with Crippen molar-refractivity contribution in [3.63, 3.8) is 0 Å². The second-order valence-electron chi connectivity index (χ2n) is 6.88. The highest BCUT2D eigenvalue weighted by atomic mass is 16.3. The summed E-state index contributed by atoms with van der Waals surface area (Å²) in [6.45, 7) is 2.79. The molecule has 4 nitrogen and oxygen atoms in total. The van der Waals surface area contributed by atoms with Gasteiger partial charge in [0, 0.05) is 35.7 Å². The molecule has 1 aliphatic carbocycles. The van der Waals surface area contributed by atoms with Crippen LogP contribution < -0.4 is 5.43 Å². The zero-order valence-corrected chi connectivity index (χ0v) is 13.5. The van der Waals surface area contributed by atoms with Gasteiger partial charge in [-0.2, -0.15) is 0 Å². The number of nitrogens with zero attached hydrogens (tertiary/aromatic N) is 1. The summed E-state index contributed by atoms with van der Waals surface area (Å²) in [7, 11) is 0. The van der Waals surface area contributed by atoms with Crippen molar-refractivity contribution in [1.82, 2.24) is 4.57 Å². The Kier molecular flexibility index (Phi) is 2.70. The fraction of sp³-hybridized carbons (Fsp3) is 0.300. The quantitative estimate of drug-likeness (QED) is 0.677. The van der Waals surface area contributed by atoms with Gasteiger partial charge in [0.25, 0.3) is 0 Å². The lowest BCUT2D eigenvalue weighted by Gasteiger charge is -2.19. The number of hydrogen-bond donors (Lipinski definition) is 0. The Morgan fingerprint density at radius 3 is 2.92 bits per heavy atom. The monoisotopic (exact) mass is 319 g/mol. The number of aromatic nitrogens is 1. The van der Waals surface area contributed by atoms with E-state index in [4.69, 9.17) is 4.42 Å². The summed E-state index contributed by atoms with van der Waals surface area (Å²) in [5.41, 5.74) is 4.07. The van der Waals surface area contributed by atoms with Gasteiger partial charge in [-0.1, -0.05) is 18.2 Å². The van der Waals surface area contributed by atoms with E-state index in [9.17, 15) is 9.59 Å². The van der Waals surface area contributed by atoms with E-state index >= 15 is 0 Å². The lowest BCUT2D eigenvalue weighted by atomic mass is 9.99. The number of fused-ring (bicyclic) bond motifs is 5. The number of ketones is 1. The molecule has 2 aliphatic rings. The van der Waals surface area contributed by atoms with Crippen LogP contribution in [0.25, 0.3) is 22.4 Å². The molecule has 1 saturated carbocycles. The maximum Gasteiger partial charge on any atom is 0.193 e. The van der Waals surface area contributed by atoms with Crippen LogP contribution in [-0.2, 0) is 13.0 Å². The van der Waals surface area contributed by atoms with E-state index in [0.29, 0.717) is 5.56 Å². The summed E-state index contributed by atoms with van der Waals surface area (Å²) < 4.78 is 8.12. The summed E-state index contributed by atoms with van der Waals surface area (Å²) >= 11 is 0. The molecule has 1 fully saturated rings. The normalized spacial score (nSPS) is 16.0. The molecular weight excluding hydrogens is 302 g/mol. The first kappa shape index (κ1) is 13.8. The molecular formula is C20H17NO3. The molecule has 2 aromatic heterocycles. The number of hydrogen-bond acceptors (Lipinski definition) is 3. The maximum atomic E-state index is 12.5. The fourth-order valence-corrected chi connectivity index (χ4v) is 3.70. The van der Waals surface area contributed by atoms with Gasteiger partial charge in [0.05, 0.1) is 11.3 Å². The van der Waals surface area contributed by atoms with Gasteiger partial charge >= 0.3 is 0 Å². The maximum absolute atomic E-state index is 12.5. The molecule has 0 N–H and O–H groups in total. The van der Waals surface area contributed by atoms with Gasteiger partial charge in [-0.3, -0.25) is 9.59 Å². The zero-order chi connectivity index (χ0) is 16.4. The number of carbonyl (C=O) groups excluding carboxylic acids is 1. The molecule has 0 bridgehead atoms. The first-order valence-electron chi connectivity index (χ1n) is 8.43. The zero-order valence-electron chi connectivity index (χ0n) is 13.5. The van der Waals surface area contributed by atoms with Crippen molar-refractivity contribution in [3.05, 3.63) is 57.4 Å².